The van der Waals surface area contributed by atoms with Crippen LogP contribution in [0.4, 0.5) is 11.4 Å². The van der Waals surface area contributed by atoms with Gasteiger partial charge in [0.25, 0.3) is 5.69 Å². The molecular weight excluding hydrogens is 206 g/mol. The summed E-state index contributed by atoms with van der Waals surface area (Å²) in [6.07, 6.45) is 0. The Kier molecular flexibility index (Phi) is 3.05. The Hall–Kier alpha value is -1.62. The second-order valence-electron chi connectivity index (χ2n) is 3.93. The normalized spacial score (nSPS) is 15.9. The molecule has 0 unspecified atom stereocenters. The first-order chi connectivity index (χ1) is 7.70. The molecule has 1 N–H and O–H groups in total. The number of nitro groups is 1. The van der Waals surface area contributed by atoms with Crippen molar-refractivity contribution in [3.63, 3.8) is 0 Å². The van der Waals surface area contributed by atoms with E-state index < -0.39 is 0 Å². The van der Waals surface area contributed by atoms with E-state index in [1.807, 2.05) is 0 Å². The number of hydrogen-bond donors (Lipinski definition) is 1. The maximum absolute atomic E-state index is 10.5. The van der Waals surface area contributed by atoms with E-state index in [2.05, 4.69) is 17.1 Å². The van der Waals surface area contributed by atoms with Crippen LogP contribution in [0.25, 0.3) is 0 Å². The SMILES string of the molecule is CCNC1CN(c2ccc([N+](=O)[O-])cc2)C1. The van der Waals surface area contributed by atoms with Crippen LogP contribution in [0, 0.1) is 10.1 Å². The van der Waals surface area contributed by atoms with Gasteiger partial charge in [0.2, 0.25) is 0 Å². The Morgan fingerprint density at radius 3 is 2.56 bits per heavy atom. The fourth-order valence-electron chi connectivity index (χ4n) is 1.89. The largest absolute Gasteiger partial charge is 0.368 e. The highest BCUT2D eigenvalue weighted by atomic mass is 16.6. The van der Waals surface area contributed by atoms with Gasteiger partial charge in [0.15, 0.2) is 0 Å². The van der Waals surface area contributed by atoms with Crippen molar-refractivity contribution in [2.24, 2.45) is 0 Å². The first kappa shape index (κ1) is 10.9. The van der Waals surface area contributed by atoms with Gasteiger partial charge in [0.05, 0.1) is 4.92 Å². The van der Waals surface area contributed by atoms with E-state index in [-0.39, 0.29) is 10.6 Å². The van der Waals surface area contributed by atoms with Crippen molar-refractivity contribution >= 4 is 11.4 Å². The predicted octanol–water partition coefficient (Wildman–Crippen LogP) is 1.39. The van der Waals surface area contributed by atoms with Crippen LogP contribution in [0.3, 0.4) is 0 Å². The summed E-state index contributed by atoms with van der Waals surface area (Å²) in [4.78, 5) is 12.3. The fourth-order valence-corrected chi connectivity index (χ4v) is 1.89. The molecule has 1 saturated heterocycles. The summed E-state index contributed by atoms with van der Waals surface area (Å²) in [5.41, 5.74) is 1.20. The average molecular weight is 221 g/mol. The van der Waals surface area contributed by atoms with E-state index in [4.69, 9.17) is 0 Å². The number of nitrogens with one attached hydrogen (secondary N) is 1. The van der Waals surface area contributed by atoms with Crippen molar-refractivity contribution in [3.8, 4) is 0 Å². The van der Waals surface area contributed by atoms with Crippen molar-refractivity contribution in [1.29, 1.82) is 0 Å². The summed E-state index contributed by atoms with van der Waals surface area (Å²) in [6.45, 7) is 5.03. The first-order valence-corrected chi connectivity index (χ1v) is 5.43. The first-order valence-electron chi connectivity index (χ1n) is 5.43. The highest BCUT2D eigenvalue weighted by Crippen LogP contribution is 2.23. The molecule has 1 aromatic rings. The lowest BCUT2D eigenvalue weighted by molar-refractivity contribution is -0.384. The third-order valence-electron chi connectivity index (χ3n) is 2.80. The number of nitrogens with zero attached hydrogens (tertiary/aromatic N) is 2. The average Bonchev–Trinajstić information content (AvgIpc) is 2.23. The van der Waals surface area contributed by atoms with Crippen molar-refractivity contribution in [2.45, 2.75) is 13.0 Å². The molecule has 0 radical (unpaired) electrons. The molecule has 16 heavy (non-hydrogen) atoms. The second kappa shape index (κ2) is 4.49. The molecule has 1 aliphatic rings. The number of rotatable bonds is 4. The maximum atomic E-state index is 10.5. The van der Waals surface area contributed by atoms with Gasteiger partial charge in [-0.2, -0.15) is 0 Å². The molecule has 1 aliphatic heterocycles. The molecule has 1 fully saturated rings. The van der Waals surface area contributed by atoms with Gasteiger partial charge < -0.3 is 10.2 Å². The van der Waals surface area contributed by atoms with Gasteiger partial charge in [-0.3, -0.25) is 10.1 Å². The summed E-state index contributed by atoms with van der Waals surface area (Å²) in [7, 11) is 0. The molecule has 0 spiro atoms. The van der Waals surface area contributed by atoms with Crippen LogP contribution in [0.15, 0.2) is 24.3 Å². The summed E-state index contributed by atoms with van der Waals surface area (Å²) >= 11 is 0. The molecule has 0 aliphatic carbocycles. The molecule has 5 nitrogen and oxygen atoms in total. The van der Waals surface area contributed by atoms with Crippen LogP contribution in [-0.2, 0) is 0 Å². The zero-order chi connectivity index (χ0) is 11.5. The highest BCUT2D eigenvalue weighted by molar-refractivity contribution is 5.53. The molecular formula is C11H15N3O2. The zero-order valence-corrected chi connectivity index (χ0v) is 9.22. The van der Waals surface area contributed by atoms with E-state index >= 15 is 0 Å². The van der Waals surface area contributed by atoms with Crippen LogP contribution < -0.4 is 10.2 Å². The minimum atomic E-state index is -0.374. The summed E-state index contributed by atoms with van der Waals surface area (Å²) < 4.78 is 0. The van der Waals surface area contributed by atoms with Crippen molar-refractivity contribution in [2.75, 3.05) is 24.5 Å². The molecule has 0 aromatic heterocycles. The third kappa shape index (κ3) is 2.14. The van der Waals surface area contributed by atoms with E-state index in [0.717, 1.165) is 25.3 Å². The lowest BCUT2D eigenvalue weighted by Crippen LogP contribution is -2.58. The van der Waals surface area contributed by atoms with Crippen LogP contribution in [0.1, 0.15) is 6.92 Å². The lowest BCUT2D eigenvalue weighted by Gasteiger charge is -2.41. The highest BCUT2D eigenvalue weighted by Gasteiger charge is 2.25. The molecule has 0 bridgehead atoms. The molecule has 0 amide bonds. The van der Waals surface area contributed by atoms with Gasteiger partial charge in [-0.15, -0.1) is 0 Å². The Morgan fingerprint density at radius 1 is 1.44 bits per heavy atom. The molecule has 5 heteroatoms. The van der Waals surface area contributed by atoms with E-state index in [1.165, 1.54) is 0 Å². The Bertz CT molecular complexity index is 371. The molecule has 1 heterocycles. The van der Waals surface area contributed by atoms with Crippen molar-refractivity contribution in [3.05, 3.63) is 34.4 Å². The third-order valence-corrected chi connectivity index (χ3v) is 2.80. The van der Waals surface area contributed by atoms with Gasteiger partial charge in [-0.25, -0.2) is 0 Å². The molecule has 0 saturated carbocycles. The maximum Gasteiger partial charge on any atom is 0.269 e. The van der Waals surface area contributed by atoms with Gasteiger partial charge in [0.1, 0.15) is 0 Å². The van der Waals surface area contributed by atoms with E-state index in [0.29, 0.717) is 6.04 Å². The summed E-state index contributed by atoms with van der Waals surface area (Å²) in [6, 6.07) is 7.27. The van der Waals surface area contributed by atoms with Gasteiger partial charge in [-0.05, 0) is 18.7 Å². The molecule has 1 aromatic carbocycles. The quantitative estimate of drug-likeness (QED) is 0.616. The zero-order valence-electron chi connectivity index (χ0n) is 9.22. The predicted molar refractivity (Wildman–Crippen MR) is 62.8 cm³/mol. The monoisotopic (exact) mass is 221 g/mol. The van der Waals surface area contributed by atoms with Crippen LogP contribution >= 0.6 is 0 Å². The number of non-ortho nitro benzene ring substituents is 1. The Balaban J connectivity index is 1.94. The Labute approximate surface area is 94.2 Å². The summed E-state index contributed by atoms with van der Waals surface area (Å²) in [5, 5.41) is 13.8. The standard InChI is InChI=1S/C11H15N3O2/c1-2-12-9-7-13(8-9)10-3-5-11(6-4-10)14(15)16/h3-6,9,12H,2,7-8H2,1H3. The van der Waals surface area contributed by atoms with E-state index in [1.54, 1.807) is 24.3 Å². The van der Waals surface area contributed by atoms with Crippen LogP contribution in [0.5, 0.6) is 0 Å². The number of anilines is 1. The topological polar surface area (TPSA) is 58.4 Å². The molecule has 86 valence electrons. The minimum Gasteiger partial charge on any atom is -0.368 e. The minimum absolute atomic E-state index is 0.146. The van der Waals surface area contributed by atoms with Crippen LogP contribution in [0.2, 0.25) is 0 Å². The van der Waals surface area contributed by atoms with E-state index in [9.17, 15) is 10.1 Å². The van der Waals surface area contributed by atoms with Gasteiger partial charge in [-0.1, -0.05) is 6.92 Å². The van der Waals surface area contributed by atoms with Gasteiger partial charge in [0, 0.05) is 37.0 Å². The lowest BCUT2D eigenvalue weighted by atomic mass is 10.1. The van der Waals surface area contributed by atoms with Gasteiger partial charge >= 0.3 is 0 Å². The summed E-state index contributed by atoms with van der Waals surface area (Å²) in [5.74, 6) is 0. The second-order valence-corrected chi connectivity index (χ2v) is 3.93. The van der Waals surface area contributed by atoms with Crippen LogP contribution in [-0.4, -0.2) is 30.6 Å². The van der Waals surface area contributed by atoms with Crippen molar-refractivity contribution < 1.29 is 4.92 Å². The number of nitro benzene ring substituents is 1. The smallest absolute Gasteiger partial charge is 0.269 e. The number of hydrogen-bond acceptors (Lipinski definition) is 4. The molecule has 0 atom stereocenters. The number of benzene rings is 1. The molecule has 2 rings (SSSR count). The fraction of sp³-hybridized carbons (Fsp3) is 0.455. The Morgan fingerprint density at radius 2 is 2.06 bits per heavy atom. The van der Waals surface area contributed by atoms with Crippen molar-refractivity contribution in [1.82, 2.24) is 5.32 Å². The number of likely N-dealkylation sites (N-methyl/N-ethyl adjacent to an activating group) is 1.